The fraction of sp³-hybridized carbons (Fsp3) is 0.711. The van der Waals surface area contributed by atoms with Crippen LogP contribution in [0.5, 0.6) is 0 Å². The molecule has 61 heavy (non-hydrogen) atoms. The number of fused-ring (bicyclic) bond motifs is 1. The van der Waals surface area contributed by atoms with Crippen LogP contribution in [-0.2, 0) is 39.8 Å². The molecular formula is C45H71N7O9. The number of rotatable bonds is 13. The van der Waals surface area contributed by atoms with Crippen LogP contribution in [0.2, 0.25) is 0 Å². The maximum Gasteiger partial charge on any atom is 0.410 e. The first-order chi connectivity index (χ1) is 28.9. The van der Waals surface area contributed by atoms with Gasteiger partial charge in [-0.3, -0.25) is 19.2 Å². The van der Waals surface area contributed by atoms with Gasteiger partial charge < -0.3 is 44.7 Å². The topological polar surface area (TPSA) is 193 Å². The normalized spacial score (nSPS) is 35.6. The van der Waals surface area contributed by atoms with Crippen molar-refractivity contribution in [1.29, 1.82) is 0 Å². The number of methoxy groups -OCH3 is 1. The number of carbonyl (C=O) groups excluding carboxylic acids is 3. The number of aryl methyl sites for hydroxylation is 1. The lowest BCUT2D eigenvalue weighted by Gasteiger charge is -2.46. The maximum absolute atomic E-state index is 14.7. The molecule has 340 valence electrons. The molecule has 0 bridgehead atoms. The van der Waals surface area contributed by atoms with E-state index in [2.05, 4.69) is 29.1 Å². The summed E-state index contributed by atoms with van der Waals surface area (Å²) in [6.07, 6.45) is 1.55. The number of Topliss-reactive ketones (excluding diaryl/α,β-unsaturated/α-hetero) is 1. The van der Waals surface area contributed by atoms with Gasteiger partial charge in [-0.1, -0.05) is 44.2 Å². The van der Waals surface area contributed by atoms with Crippen LogP contribution in [0.25, 0.3) is 11.3 Å². The van der Waals surface area contributed by atoms with E-state index < -0.39 is 71.5 Å². The van der Waals surface area contributed by atoms with E-state index in [1.165, 1.54) is 6.08 Å². The highest BCUT2D eigenvalue weighted by atomic mass is 16.7. The lowest BCUT2D eigenvalue weighted by atomic mass is 9.77. The van der Waals surface area contributed by atoms with Crippen molar-refractivity contribution in [2.75, 3.05) is 40.0 Å². The Kier molecular flexibility index (Phi) is 16.2. The summed E-state index contributed by atoms with van der Waals surface area (Å²) in [5.41, 5.74) is 5.89. The molecule has 3 saturated heterocycles. The van der Waals surface area contributed by atoms with Crippen molar-refractivity contribution >= 4 is 23.5 Å². The van der Waals surface area contributed by atoms with Gasteiger partial charge in [-0.25, -0.2) is 4.79 Å². The van der Waals surface area contributed by atoms with Crippen molar-refractivity contribution in [3.05, 3.63) is 43.1 Å². The number of nitrogens with one attached hydrogen (secondary N) is 1. The quantitative estimate of drug-likeness (QED) is 0.0815. The SMILES string of the molecule is C=CC[C@H]1C(=O)O[C@H](CC)[C@@]2(C)OC(=O)N(CCCCn3cc(-c4cccc(N)c4)nn3)[C@@H]2[C@@H](C)NC[C@H](C)C[C@@](C)(OC)[C@H](O[C@@H]2OC(C)CC(N(C)C)C2O)[C@@H](C)C1=O. The van der Waals surface area contributed by atoms with Crippen LogP contribution in [0, 0.1) is 17.8 Å². The molecular weight excluding hydrogens is 783 g/mol. The molecule has 3 unspecified atom stereocenters. The fourth-order valence-electron chi connectivity index (χ4n) is 9.73. The second-order valence-corrected chi connectivity index (χ2v) is 18.1. The summed E-state index contributed by atoms with van der Waals surface area (Å²) < 4.78 is 33.6. The van der Waals surface area contributed by atoms with Crippen LogP contribution in [0.1, 0.15) is 87.0 Å². The minimum absolute atomic E-state index is 0.0181. The molecule has 3 aliphatic rings. The van der Waals surface area contributed by atoms with Crippen molar-refractivity contribution in [3.63, 3.8) is 0 Å². The van der Waals surface area contributed by atoms with Crippen molar-refractivity contribution in [3.8, 4) is 11.3 Å². The van der Waals surface area contributed by atoms with Gasteiger partial charge in [-0.05, 0) is 105 Å². The summed E-state index contributed by atoms with van der Waals surface area (Å²) in [6, 6.07) is 6.40. The molecule has 16 heteroatoms. The number of hydrogen-bond acceptors (Lipinski definition) is 14. The third kappa shape index (κ3) is 10.8. The summed E-state index contributed by atoms with van der Waals surface area (Å²) in [5, 5.41) is 23.8. The number of allylic oxidation sites excluding steroid dienone is 1. The molecule has 0 spiro atoms. The summed E-state index contributed by atoms with van der Waals surface area (Å²) in [5.74, 6) is -3.31. The molecule has 4 N–H and O–H groups in total. The van der Waals surface area contributed by atoms with Gasteiger partial charge in [0.1, 0.15) is 23.8 Å². The smallest absolute Gasteiger partial charge is 0.410 e. The Balaban J connectivity index is 1.42. The Labute approximate surface area is 361 Å². The number of aliphatic hydroxyl groups is 1. The van der Waals surface area contributed by atoms with Gasteiger partial charge in [0, 0.05) is 49.5 Å². The van der Waals surface area contributed by atoms with E-state index in [1.807, 2.05) is 84.1 Å². The number of benzene rings is 1. The number of ether oxygens (including phenoxy) is 5. The monoisotopic (exact) mass is 854 g/mol. The summed E-state index contributed by atoms with van der Waals surface area (Å²) >= 11 is 0. The van der Waals surface area contributed by atoms with Gasteiger partial charge in [0.2, 0.25) is 0 Å². The zero-order valence-electron chi connectivity index (χ0n) is 37.9. The third-order valence-electron chi connectivity index (χ3n) is 13.1. The molecule has 1 aromatic heterocycles. The first kappa shape index (κ1) is 48.1. The van der Waals surface area contributed by atoms with Crippen molar-refractivity contribution in [2.45, 2.75) is 154 Å². The molecule has 16 nitrogen and oxygen atoms in total. The minimum Gasteiger partial charge on any atom is -0.457 e. The van der Waals surface area contributed by atoms with Crippen molar-refractivity contribution < 1.29 is 43.2 Å². The van der Waals surface area contributed by atoms with E-state index >= 15 is 0 Å². The van der Waals surface area contributed by atoms with Crippen LogP contribution in [-0.4, -0.2) is 142 Å². The molecule has 4 heterocycles. The number of likely N-dealkylation sites (N-methyl/N-ethyl adjacent to an activating group) is 1. The number of unbranched alkanes of at least 4 members (excludes halogenated alkanes) is 1. The molecule has 13 atom stereocenters. The molecule has 0 aliphatic carbocycles. The molecule has 2 aromatic rings. The number of aliphatic hydroxyl groups excluding tert-OH is 1. The number of ketones is 1. The lowest BCUT2D eigenvalue weighted by molar-refractivity contribution is -0.295. The van der Waals surface area contributed by atoms with Crippen LogP contribution in [0.4, 0.5) is 10.5 Å². The maximum atomic E-state index is 14.7. The van der Waals surface area contributed by atoms with Gasteiger partial charge >= 0.3 is 12.1 Å². The molecule has 3 fully saturated rings. The van der Waals surface area contributed by atoms with E-state index in [-0.39, 0.29) is 30.5 Å². The van der Waals surface area contributed by atoms with Crippen LogP contribution in [0.3, 0.4) is 0 Å². The number of anilines is 1. The number of cyclic esters (lactones) is 1. The highest BCUT2D eigenvalue weighted by molar-refractivity contribution is 6.00. The number of nitrogens with two attached hydrogens (primary N) is 1. The minimum atomic E-state index is -1.26. The van der Waals surface area contributed by atoms with Crippen molar-refractivity contribution in [1.82, 2.24) is 30.1 Å². The molecule has 3 aliphatic heterocycles. The van der Waals surface area contributed by atoms with Gasteiger partial charge in [-0.2, -0.15) is 0 Å². The predicted molar refractivity (Wildman–Crippen MR) is 231 cm³/mol. The van der Waals surface area contributed by atoms with Gasteiger partial charge in [-0.15, -0.1) is 11.7 Å². The second-order valence-electron chi connectivity index (χ2n) is 18.1. The van der Waals surface area contributed by atoms with Gasteiger partial charge in [0.25, 0.3) is 0 Å². The summed E-state index contributed by atoms with van der Waals surface area (Å²) in [7, 11) is 5.39. The summed E-state index contributed by atoms with van der Waals surface area (Å²) in [6.45, 7) is 18.7. The molecule has 0 radical (unpaired) electrons. The standard InChI is InChI=1S/C45H71N7O9/c1-12-17-33-37(53)29(5)40(60-42-38(54)35(50(9)10)22-28(4)58-42)44(7,57-11)24-27(3)25-47-30(6)39-45(8,36(13-2)59-41(33)55)61-43(56)52(39)21-15-14-20-51-26-34(48-49-51)31-18-16-19-32(46)23-31/h12,16,18-19,23,26-30,33,35-36,38-40,42,47,54H,1,13-15,17,20-22,24-25,46H2,2-11H3/t27-,28?,29+,30-,33-,35?,36-,38?,39-,40-,42+,44-,45-/m1/s1. The van der Waals surface area contributed by atoms with E-state index in [0.29, 0.717) is 57.4 Å². The van der Waals surface area contributed by atoms with Gasteiger partial charge in [0.05, 0.1) is 30.0 Å². The predicted octanol–water partition coefficient (Wildman–Crippen LogP) is 4.84. The average Bonchev–Trinajstić information content (AvgIpc) is 3.80. The number of nitrogen functional groups attached to an aromatic ring is 1. The van der Waals surface area contributed by atoms with Crippen LogP contribution < -0.4 is 11.1 Å². The summed E-state index contributed by atoms with van der Waals surface area (Å²) in [4.78, 5) is 46.7. The Bertz CT molecular complexity index is 1810. The lowest BCUT2D eigenvalue weighted by Crippen LogP contribution is -2.61. The van der Waals surface area contributed by atoms with Crippen molar-refractivity contribution in [2.24, 2.45) is 17.8 Å². The zero-order valence-corrected chi connectivity index (χ0v) is 37.9. The third-order valence-corrected chi connectivity index (χ3v) is 13.1. The largest absolute Gasteiger partial charge is 0.457 e. The number of esters is 1. The number of nitrogens with zero attached hydrogens (tertiary/aromatic N) is 5. The number of hydrogen-bond donors (Lipinski definition) is 3. The molecule has 0 saturated carbocycles. The number of aromatic nitrogens is 3. The van der Waals surface area contributed by atoms with Gasteiger partial charge in [0.15, 0.2) is 17.7 Å². The fourth-order valence-corrected chi connectivity index (χ4v) is 9.73. The van der Waals surface area contributed by atoms with E-state index in [4.69, 9.17) is 29.4 Å². The van der Waals surface area contributed by atoms with Crippen LogP contribution in [0.15, 0.2) is 43.1 Å². The Hall–Kier alpha value is -3.93. The van der Waals surface area contributed by atoms with Crippen LogP contribution >= 0.6 is 0 Å². The van der Waals surface area contributed by atoms with E-state index in [1.54, 1.807) is 23.6 Å². The first-order valence-electron chi connectivity index (χ1n) is 21.9. The Morgan fingerprint density at radius 1 is 1.13 bits per heavy atom. The molecule has 1 aromatic carbocycles. The van der Waals surface area contributed by atoms with E-state index in [9.17, 15) is 19.5 Å². The Morgan fingerprint density at radius 3 is 2.51 bits per heavy atom. The number of amides is 1. The second kappa shape index (κ2) is 20.5. The highest BCUT2D eigenvalue weighted by Crippen LogP contribution is 2.40. The number of carbonyl (C=O) groups is 3. The average molecular weight is 854 g/mol. The molecule has 1 amide bonds. The first-order valence-corrected chi connectivity index (χ1v) is 21.9. The zero-order chi connectivity index (χ0) is 44.8. The van der Waals surface area contributed by atoms with E-state index in [0.717, 1.165) is 11.3 Å². The highest BCUT2D eigenvalue weighted by Gasteiger charge is 2.59. The molecule has 5 rings (SSSR count). The Morgan fingerprint density at radius 2 is 1.85 bits per heavy atom.